The Labute approximate surface area is 137 Å². The van der Waals surface area contributed by atoms with E-state index in [1.807, 2.05) is 24.3 Å². The number of fused-ring (bicyclic) bond motifs is 1. The van der Waals surface area contributed by atoms with Crippen LogP contribution in [0.15, 0.2) is 30.5 Å². The number of hydrogen-bond donors (Lipinski definition) is 5. The number of benzene rings is 1. The Morgan fingerprint density at radius 3 is 2.67 bits per heavy atom. The average Bonchev–Trinajstić information content (AvgIpc) is 2.98. The van der Waals surface area contributed by atoms with E-state index in [1.165, 1.54) is 0 Å². The van der Waals surface area contributed by atoms with Gasteiger partial charge in [-0.05, 0) is 11.6 Å². The van der Waals surface area contributed by atoms with Crippen LogP contribution in [0.2, 0.25) is 0 Å². The summed E-state index contributed by atoms with van der Waals surface area (Å²) in [4.78, 5) is 15.0. The molecule has 1 aromatic carbocycles. The lowest BCUT2D eigenvalue weighted by Gasteiger charge is -2.37. The first kappa shape index (κ1) is 16.9. The normalized spacial score (nSPS) is 30.4. The van der Waals surface area contributed by atoms with Crippen LogP contribution in [0.25, 0.3) is 10.9 Å². The summed E-state index contributed by atoms with van der Waals surface area (Å²) in [6.45, 7) is -0.344. The second-order valence-corrected chi connectivity index (χ2v) is 5.76. The SMILES string of the molecule is O=C(Cc1c[nH]c2ccccc12)OC[C@H]1OC(O)[C@H](O)[C@@H](O)[C@@H]1O. The van der Waals surface area contributed by atoms with Crippen LogP contribution in [0.3, 0.4) is 0 Å². The van der Waals surface area contributed by atoms with Gasteiger partial charge in [0.15, 0.2) is 6.29 Å². The zero-order valence-corrected chi connectivity index (χ0v) is 12.7. The Morgan fingerprint density at radius 1 is 1.12 bits per heavy atom. The Kier molecular flexibility index (Phi) is 4.83. The Balaban J connectivity index is 1.58. The van der Waals surface area contributed by atoms with E-state index in [1.54, 1.807) is 6.20 Å². The number of nitrogens with one attached hydrogen (secondary N) is 1. The molecule has 0 radical (unpaired) electrons. The fraction of sp³-hybridized carbons (Fsp3) is 0.438. The molecule has 8 nitrogen and oxygen atoms in total. The summed E-state index contributed by atoms with van der Waals surface area (Å²) in [7, 11) is 0. The van der Waals surface area contributed by atoms with Crippen molar-refractivity contribution in [3.05, 3.63) is 36.0 Å². The number of aliphatic hydroxyl groups is 4. The molecule has 1 saturated heterocycles. The molecule has 0 bridgehead atoms. The number of H-pyrrole nitrogens is 1. The monoisotopic (exact) mass is 337 g/mol. The van der Waals surface area contributed by atoms with Crippen molar-refractivity contribution in [3.8, 4) is 0 Å². The lowest BCUT2D eigenvalue weighted by Crippen LogP contribution is -2.58. The van der Waals surface area contributed by atoms with Gasteiger partial charge in [-0.25, -0.2) is 0 Å². The number of aromatic nitrogens is 1. The molecule has 0 spiro atoms. The molecule has 1 aliphatic rings. The molecule has 24 heavy (non-hydrogen) atoms. The molecule has 1 aliphatic heterocycles. The standard InChI is InChI=1S/C16H19NO7/c18-12(5-8-6-17-10-4-2-1-3-9(8)10)23-7-11-13(19)14(20)15(21)16(22)24-11/h1-4,6,11,13-17,19-22H,5,7H2/t11-,13-,14+,15-,16?/m1/s1. The Hall–Kier alpha value is -1.97. The van der Waals surface area contributed by atoms with Crippen molar-refractivity contribution >= 4 is 16.9 Å². The van der Waals surface area contributed by atoms with Gasteiger partial charge < -0.3 is 34.9 Å². The van der Waals surface area contributed by atoms with Crippen molar-refractivity contribution in [2.45, 2.75) is 37.1 Å². The van der Waals surface area contributed by atoms with E-state index in [2.05, 4.69) is 4.98 Å². The summed E-state index contributed by atoms with van der Waals surface area (Å²) in [5.41, 5.74) is 1.68. The molecular weight excluding hydrogens is 318 g/mol. The molecule has 8 heteroatoms. The quantitative estimate of drug-likeness (QED) is 0.455. The highest BCUT2D eigenvalue weighted by Gasteiger charge is 2.43. The van der Waals surface area contributed by atoms with Crippen molar-refractivity contribution in [3.63, 3.8) is 0 Å². The molecule has 3 rings (SSSR count). The molecule has 0 amide bonds. The lowest BCUT2D eigenvalue weighted by atomic mass is 9.99. The largest absolute Gasteiger partial charge is 0.463 e. The van der Waals surface area contributed by atoms with Gasteiger partial charge in [-0.3, -0.25) is 4.79 Å². The van der Waals surface area contributed by atoms with Crippen LogP contribution in [0.4, 0.5) is 0 Å². The molecule has 2 aromatic rings. The van der Waals surface area contributed by atoms with E-state index in [-0.39, 0.29) is 13.0 Å². The van der Waals surface area contributed by atoms with E-state index < -0.39 is 36.7 Å². The van der Waals surface area contributed by atoms with Crippen LogP contribution < -0.4 is 0 Å². The number of para-hydroxylation sites is 1. The van der Waals surface area contributed by atoms with Gasteiger partial charge in [-0.1, -0.05) is 18.2 Å². The zero-order chi connectivity index (χ0) is 17.3. The van der Waals surface area contributed by atoms with Crippen molar-refractivity contribution < 1.29 is 34.7 Å². The highest BCUT2D eigenvalue weighted by Crippen LogP contribution is 2.21. The number of carbonyl (C=O) groups excluding carboxylic acids is 1. The van der Waals surface area contributed by atoms with Crippen LogP contribution in [-0.4, -0.2) is 68.7 Å². The molecule has 130 valence electrons. The van der Waals surface area contributed by atoms with Crippen LogP contribution in [0, 0.1) is 0 Å². The molecule has 0 aliphatic carbocycles. The first-order valence-electron chi connectivity index (χ1n) is 7.55. The highest BCUT2D eigenvalue weighted by molar-refractivity contribution is 5.87. The number of hydrogen-bond acceptors (Lipinski definition) is 7. The van der Waals surface area contributed by atoms with E-state index in [9.17, 15) is 25.2 Å². The summed E-state index contributed by atoms with van der Waals surface area (Å²) in [6.07, 6.45) is -5.68. The van der Waals surface area contributed by atoms with Crippen molar-refractivity contribution in [1.82, 2.24) is 4.98 Å². The maximum atomic E-state index is 12.0. The van der Waals surface area contributed by atoms with Crippen LogP contribution in [-0.2, 0) is 20.7 Å². The van der Waals surface area contributed by atoms with E-state index in [0.29, 0.717) is 0 Å². The van der Waals surface area contributed by atoms with Gasteiger partial charge in [-0.2, -0.15) is 0 Å². The molecule has 1 aromatic heterocycles. The summed E-state index contributed by atoms with van der Waals surface area (Å²) in [5.74, 6) is -0.536. The summed E-state index contributed by atoms with van der Waals surface area (Å²) in [6, 6.07) is 7.53. The van der Waals surface area contributed by atoms with Gasteiger partial charge in [-0.15, -0.1) is 0 Å². The molecule has 5 N–H and O–H groups in total. The maximum Gasteiger partial charge on any atom is 0.310 e. The van der Waals surface area contributed by atoms with Gasteiger partial charge in [0, 0.05) is 17.1 Å². The Bertz CT molecular complexity index is 715. The minimum absolute atomic E-state index is 0.0283. The third kappa shape index (κ3) is 3.28. The average molecular weight is 337 g/mol. The number of esters is 1. The summed E-state index contributed by atoms with van der Waals surface area (Å²) in [5, 5.41) is 39.1. The van der Waals surface area contributed by atoms with E-state index in [4.69, 9.17) is 9.47 Å². The fourth-order valence-electron chi connectivity index (χ4n) is 2.73. The topological polar surface area (TPSA) is 132 Å². The lowest BCUT2D eigenvalue weighted by molar-refractivity contribution is -0.287. The van der Waals surface area contributed by atoms with Crippen molar-refractivity contribution in [2.75, 3.05) is 6.61 Å². The van der Waals surface area contributed by atoms with Gasteiger partial charge in [0.05, 0.1) is 6.42 Å². The number of aromatic amines is 1. The third-order valence-corrected chi connectivity index (χ3v) is 4.11. The van der Waals surface area contributed by atoms with Gasteiger partial charge in [0.2, 0.25) is 0 Å². The summed E-state index contributed by atoms with van der Waals surface area (Å²) < 4.78 is 10.0. The number of rotatable bonds is 4. The molecule has 2 heterocycles. The predicted octanol–water partition coefficient (Wildman–Crippen LogP) is -0.947. The number of aliphatic hydroxyl groups excluding tert-OH is 4. The Morgan fingerprint density at radius 2 is 1.88 bits per heavy atom. The zero-order valence-electron chi connectivity index (χ0n) is 12.7. The first-order chi connectivity index (χ1) is 11.5. The molecule has 1 fully saturated rings. The van der Waals surface area contributed by atoms with Crippen molar-refractivity contribution in [1.29, 1.82) is 0 Å². The van der Waals surface area contributed by atoms with Crippen LogP contribution in [0.1, 0.15) is 5.56 Å². The molecule has 5 atom stereocenters. The minimum Gasteiger partial charge on any atom is -0.463 e. The molecule has 1 unspecified atom stereocenters. The molecule has 0 saturated carbocycles. The smallest absolute Gasteiger partial charge is 0.310 e. The summed E-state index contributed by atoms with van der Waals surface area (Å²) >= 11 is 0. The second-order valence-electron chi connectivity index (χ2n) is 5.76. The van der Waals surface area contributed by atoms with Gasteiger partial charge in [0.25, 0.3) is 0 Å². The third-order valence-electron chi connectivity index (χ3n) is 4.11. The maximum absolute atomic E-state index is 12.0. The van der Waals surface area contributed by atoms with Gasteiger partial charge in [0.1, 0.15) is 31.0 Å². The van der Waals surface area contributed by atoms with E-state index >= 15 is 0 Å². The van der Waals surface area contributed by atoms with E-state index in [0.717, 1.165) is 16.5 Å². The molecular formula is C16H19NO7. The van der Waals surface area contributed by atoms with Crippen LogP contribution >= 0.6 is 0 Å². The minimum atomic E-state index is -1.65. The number of carbonyl (C=O) groups is 1. The van der Waals surface area contributed by atoms with Crippen LogP contribution in [0.5, 0.6) is 0 Å². The highest BCUT2D eigenvalue weighted by atomic mass is 16.6. The number of ether oxygens (including phenoxy) is 2. The first-order valence-corrected chi connectivity index (χ1v) is 7.55. The van der Waals surface area contributed by atoms with Crippen molar-refractivity contribution in [2.24, 2.45) is 0 Å². The fourth-order valence-corrected chi connectivity index (χ4v) is 2.73. The second kappa shape index (κ2) is 6.88. The predicted molar refractivity (Wildman–Crippen MR) is 81.9 cm³/mol. The van der Waals surface area contributed by atoms with Gasteiger partial charge >= 0.3 is 5.97 Å².